The average Bonchev–Trinajstić information content (AvgIpc) is 2.51. The second-order valence-corrected chi connectivity index (χ2v) is 6.60. The Balaban J connectivity index is 2.50. The molecule has 0 spiro atoms. The van der Waals surface area contributed by atoms with E-state index in [9.17, 15) is 23.3 Å². The SMILES string of the molecule is CCCC(N)C(=O)NCCNS(=O)(=O)c1ccc([N+](=O)[O-])cc1. The van der Waals surface area contributed by atoms with Crippen molar-refractivity contribution in [2.75, 3.05) is 13.1 Å². The van der Waals surface area contributed by atoms with Gasteiger partial charge >= 0.3 is 0 Å². The fraction of sp³-hybridized carbons (Fsp3) is 0.462. The van der Waals surface area contributed by atoms with E-state index in [-0.39, 0.29) is 29.6 Å². The Bertz CT molecular complexity index is 645. The molecule has 1 unspecified atom stereocenters. The minimum Gasteiger partial charge on any atom is -0.353 e. The summed E-state index contributed by atoms with van der Waals surface area (Å²) in [5.74, 6) is -0.332. The van der Waals surface area contributed by atoms with Crippen LogP contribution in [-0.2, 0) is 14.8 Å². The molecule has 4 N–H and O–H groups in total. The number of nitro benzene ring substituents is 1. The third-order valence-corrected chi connectivity index (χ3v) is 4.49. The Labute approximate surface area is 134 Å². The van der Waals surface area contributed by atoms with Crippen LogP contribution in [0.25, 0.3) is 0 Å². The monoisotopic (exact) mass is 344 g/mol. The lowest BCUT2D eigenvalue weighted by Gasteiger charge is -2.11. The van der Waals surface area contributed by atoms with Crippen molar-refractivity contribution < 1.29 is 18.1 Å². The van der Waals surface area contributed by atoms with Crippen molar-refractivity contribution in [2.24, 2.45) is 5.73 Å². The molecule has 10 heteroatoms. The summed E-state index contributed by atoms with van der Waals surface area (Å²) in [5, 5.41) is 13.1. The lowest BCUT2D eigenvalue weighted by molar-refractivity contribution is -0.384. The summed E-state index contributed by atoms with van der Waals surface area (Å²) in [6, 6.07) is 3.92. The molecule has 1 aromatic carbocycles. The van der Waals surface area contributed by atoms with Gasteiger partial charge in [0.25, 0.3) is 5.69 Å². The maximum Gasteiger partial charge on any atom is 0.269 e. The van der Waals surface area contributed by atoms with Gasteiger partial charge in [-0.15, -0.1) is 0 Å². The van der Waals surface area contributed by atoms with Crippen LogP contribution in [-0.4, -0.2) is 38.4 Å². The highest BCUT2D eigenvalue weighted by Gasteiger charge is 2.16. The van der Waals surface area contributed by atoms with Crippen molar-refractivity contribution in [1.29, 1.82) is 0 Å². The Kier molecular flexibility index (Phi) is 7.07. The summed E-state index contributed by atoms with van der Waals surface area (Å²) in [7, 11) is -3.79. The molecule has 9 nitrogen and oxygen atoms in total. The van der Waals surface area contributed by atoms with E-state index in [1.54, 1.807) is 0 Å². The molecule has 0 fully saturated rings. The number of non-ortho nitro benzene ring substituents is 1. The molecule has 0 aliphatic heterocycles. The van der Waals surface area contributed by atoms with Gasteiger partial charge in [0.2, 0.25) is 15.9 Å². The maximum atomic E-state index is 12.0. The van der Waals surface area contributed by atoms with Gasteiger partial charge in [-0.25, -0.2) is 13.1 Å². The van der Waals surface area contributed by atoms with Crippen LogP contribution < -0.4 is 15.8 Å². The molecule has 1 aromatic rings. The minimum atomic E-state index is -3.79. The van der Waals surface area contributed by atoms with Gasteiger partial charge in [-0.1, -0.05) is 13.3 Å². The zero-order valence-electron chi connectivity index (χ0n) is 12.7. The molecular formula is C13H20N4O5S. The van der Waals surface area contributed by atoms with Crippen molar-refractivity contribution in [2.45, 2.75) is 30.7 Å². The Morgan fingerprint density at radius 1 is 1.30 bits per heavy atom. The molecule has 1 atom stereocenters. The molecule has 0 aromatic heterocycles. The zero-order chi connectivity index (χ0) is 17.5. The van der Waals surface area contributed by atoms with Crippen molar-refractivity contribution in [1.82, 2.24) is 10.0 Å². The molecule has 128 valence electrons. The highest BCUT2D eigenvalue weighted by molar-refractivity contribution is 7.89. The highest BCUT2D eigenvalue weighted by Crippen LogP contribution is 2.15. The van der Waals surface area contributed by atoms with Crippen LogP contribution in [0, 0.1) is 10.1 Å². The predicted molar refractivity (Wildman–Crippen MR) is 84.2 cm³/mol. The summed E-state index contributed by atoms with van der Waals surface area (Å²) in [5.41, 5.74) is 5.43. The summed E-state index contributed by atoms with van der Waals surface area (Å²) < 4.78 is 26.2. The first kappa shape index (κ1) is 19.0. The average molecular weight is 344 g/mol. The number of rotatable bonds is 9. The number of nitrogens with two attached hydrogens (primary N) is 1. The number of amides is 1. The van der Waals surface area contributed by atoms with E-state index >= 15 is 0 Å². The van der Waals surface area contributed by atoms with Gasteiger partial charge in [-0.05, 0) is 18.6 Å². The third kappa shape index (κ3) is 5.93. The van der Waals surface area contributed by atoms with E-state index in [1.165, 1.54) is 0 Å². The Morgan fingerprint density at radius 3 is 2.43 bits per heavy atom. The van der Waals surface area contributed by atoms with Gasteiger partial charge in [-0.3, -0.25) is 14.9 Å². The Hall–Kier alpha value is -2.04. The number of nitrogens with zero attached hydrogens (tertiary/aromatic N) is 1. The molecule has 23 heavy (non-hydrogen) atoms. The largest absolute Gasteiger partial charge is 0.353 e. The van der Waals surface area contributed by atoms with Crippen molar-refractivity contribution in [3.05, 3.63) is 34.4 Å². The molecule has 0 radical (unpaired) electrons. The quantitative estimate of drug-likeness (QED) is 0.329. The first-order valence-corrected chi connectivity index (χ1v) is 8.53. The highest BCUT2D eigenvalue weighted by atomic mass is 32.2. The number of carbonyl (C=O) groups is 1. The zero-order valence-corrected chi connectivity index (χ0v) is 13.5. The molecule has 0 saturated carbocycles. The van der Waals surface area contributed by atoms with E-state index in [0.717, 1.165) is 30.7 Å². The van der Waals surface area contributed by atoms with Crippen molar-refractivity contribution in [3.63, 3.8) is 0 Å². The van der Waals surface area contributed by atoms with Crippen molar-refractivity contribution >= 4 is 21.6 Å². The van der Waals surface area contributed by atoms with Crippen molar-refractivity contribution in [3.8, 4) is 0 Å². The van der Waals surface area contributed by atoms with E-state index in [4.69, 9.17) is 5.73 Å². The molecular weight excluding hydrogens is 324 g/mol. The normalized spacial score (nSPS) is 12.6. The van der Waals surface area contributed by atoms with E-state index in [0.29, 0.717) is 6.42 Å². The van der Waals surface area contributed by atoms with Crippen LogP contribution in [0.1, 0.15) is 19.8 Å². The summed E-state index contributed by atoms with van der Waals surface area (Å²) in [6.45, 7) is 2.00. The first-order chi connectivity index (χ1) is 10.8. The number of nitrogens with one attached hydrogen (secondary N) is 2. The van der Waals surface area contributed by atoms with E-state index < -0.39 is 21.0 Å². The maximum absolute atomic E-state index is 12.0. The Morgan fingerprint density at radius 2 is 1.91 bits per heavy atom. The third-order valence-electron chi connectivity index (χ3n) is 3.01. The predicted octanol–water partition coefficient (Wildman–Crippen LogP) is 0.117. The van der Waals surface area contributed by atoms with Crippen LogP contribution >= 0.6 is 0 Å². The minimum absolute atomic E-state index is 0.0100. The number of carbonyl (C=O) groups excluding carboxylic acids is 1. The van der Waals surface area contributed by atoms with Gasteiger partial charge in [0.15, 0.2) is 0 Å². The van der Waals surface area contributed by atoms with E-state index in [1.807, 2.05) is 6.92 Å². The lowest BCUT2D eigenvalue weighted by Crippen LogP contribution is -2.43. The molecule has 0 saturated heterocycles. The summed E-state index contributed by atoms with van der Waals surface area (Å²) in [6.07, 6.45) is 1.34. The number of hydrogen-bond donors (Lipinski definition) is 3. The second kappa shape index (κ2) is 8.56. The molecule has 1 amide bonds. The van der Waals surface area contributed by atoms with Gasteiger partial charge < -0.3 is 11.1 Å². The van der Waals surface area contributed by atoms with Crippen LogP contribution in [0.4, 0.5) is 5.69 Å². The second-order valence-electron chi connectivity index (χ2n) is 4.83. The topological polar surface area (TPSA) is 144 Å². The number of nitro groups is 1. The van der Waals surface area contributed by atoms with E-state index in [2.05, 4.69) is 10.0 Å². The first-order valence-electron chi connectivity index (χ1n) is 7.05. The fourth-order valence-electron chi connectivity index (χ4n) is 1.77. The molecule has 0 heterocycles. The standard InChI is InChI=1S/C13H20N4O5S/c1-2-3-12(14)13(18)15-8-9-16-23(21,22)11-6-4-10(5-7-11)17(19)20/h4-7,12,16H,2-3,8-9,14H2,1H3,(H,15,18). The molecule has 0 bridgehead atoms. The smallest absolute Gasteiger partial charge is 0.269 e. The van der Waals surface area contributed by atoms with Crippen LogP contribution in [0.15, 0.2) is 29.2 Å². The number of benzene rings is 1. The van der Waals surface area contributed by atoms with Crippen LogP contribution in [0.2, 0.25) is 0 Å². The van der Waals surface area contributed by atoms with Crippen LogP contribution in [0.3, 0.4) is 0 Å². The molecule has 0 aliphatic carbocycles. The van der Waals surface area contributed by atoms with Gasteiger partial charge in [0, 0.05) is 25.2 Å². The van der Waals surface area contributed by atoms with Crippen LogP contribution in [0.5, 0.6) is 0 Å². The number of hydrogen-bond acceptors (Lipinski definition) is 6. The summed E-state index contributed by atoms with van der Waals surface area (Å²) >= 11 is 0. The van der Waals surface area contributed by atoms with Gasteiger partial charge in [-0.2, -0.15) is 0 Å². The molecule has 0 aliphatic rings. The molecule has 1 rings (SSSR count). The number of sulfonamides is 1. The van der Waals surface area contributed by atoms with Gasteiger partial charge in [0.1, 0.15) is 0 Å². The summed E-state index contributed by atoms with van der Waals surface area (Å²) in [4.78, 5) is 21.4. The van der Waals surface area contributed by atoms with Gasteiger partial charge in [0.05, 0.1) is 15.9 Å². The fourth-order valence-corrected chi connectivity index (χ4v) is 2.81. The lowest BCUT2D eigenvalue weighted by atomic mass is 10.2.